The number of allylic oxidation sites excluding steroid dienone is 3. The van der Waals surface area contributed by atoms with E-state index in [0.717, 1.165) is 25.7 Å². The Bertz CT molecular complexity index is 1070. The molecule has 0 radical (unpaired) electrons. The number of hydrogen-bond donors (Lipinski definition) is 2. The predicted molar refractivity (Wildman–Crippen MR) is 145 cm³/mol. The molecule has 10 atom stereocenters. The summed E-state index contributed by atoms with van der Waals surface area (Å²) in [6.07, 6.45) is 9.25. The van der Waals surface area contributed by atoms with Crippen LogP contribution in [0.2, 0.25) is 0 Å². The van der Waals surface area contributed by atoms with Crippen LogP contribution in [-0.4, -0.2) is 52.5 Å². The maximum absolute atomic E-state index is 13.0. The standard InChI is InChI=1S/C32H48O6/c1-18(33)38-26-16-24-28(2,3)25(34)12-14-31(24,7)23-11-13-30(6)20(9-10-22(30)32(23,26)8)19-15-21(37-17-19)27(35)29(4,5)36/h10,12,14,19-21,23-24,26-27,35-36H,9,11,13,15-17H2,1-8H3/t19-,20+,21-,23-,24+,26-,27-,30+,31-,32+/m1/s1. The summed E-state index contributed by atoms with van der Waals surface area (Å²) < 4.78 is 12.3. The van der Waals surface area contributed by atoms with Gasteiger partial charge < -0.3 is 19.7 Å². The Morgan fingerprint density at radius 2 is 1.84 bits per heavy atom. The lowest BCUT2D eigenvalue weighted by atomic mass is 9.38. The van der Waals surface area contributed by atoms with Crippen LogP contribution in [0.5, 0.6) is 0 Å². The zero-order valence-corrected chi connectivity index (χ0v) is 24.5. The van der Waals surface area contributed by atoms with E-state index < -0.39 is 17.1 Å². The molecular formula is C32H48O6. The summed E-state index contributed by atoms with van der Waals surface area (Å²) in [5.41, 5.74) is -0.853. The SMILES string of the molecule is CC(=O)O[C@@H]1C[C@H]2C(C)(C)C(=O)C=C[C@]2(C)[C@H]2CC[C@]3(C)C(=CC[C@H]3[C@H]3CO[C@@H]([C@@H](O)C(C)(C)O)C3)[C@@]21C. The van der Waals surface area contributed by atoms with Gasteiger partial charge in [-0.25, -0.2) is 0 Å². The van der Waals surface area contributed by atoms with Crippen molar-refractivity contribution in [3.63, 3.8) is 0 Å². The number of ketones is 1. The number of aliphatic hydroxyl groups is 2. The summed E-state index contributed by atoms with van der Waals surface area (Å²) in [6, 6.07) is 0. The van der Waals surface area contributed by atoms with Gasteiger partial charge in [0.15, 0.2) is 5.78 Å². The number of ether oxygens (including phenoxy) is 2. The number of carbonyl (C=O) groups is 2. The quantitative estimate of drug-likeness (QED) is 0.393. The second-order valence-corrected chi connectivity index (χ2v) is 14.9. The van der Waals surface area contributed by atoms with E-state index in [1.165, 1.54) is 12.5 Å². The van der Waals surface area contributed by atoms with Gasteiger partial charge in [0.1, 0.15) is 12.2 Å². The molecule has 5 rings (SSSR count). The summed E-state index contributed by atoms with van der Waals surface area (Å²) in [6.45, 7) is 16.5. The first kappa shape index (κ1) is 28.0. The van der Waals surface area contributed by atoms with Crippen molar-refractivity contribution in [2.45, 2.75) is 111 Å². The largest absolute Gasteiger partial charge is 0.462 e. The summed E-state index contributed by atoms with van der Waals surface area (Å²) in [7, 11) is 0. The molecule has 0 aromatic rings. The maximum Gasteiger partial charge on any atom is 0.302 e. The average Bonchev–Trinajstić information content (AvgIpc) is 3.41. The molecule has 6 heteroatoms. The van der Waals surface area contributed by atoms with Crippen LogP contribution in [0.4, 0.5) is 0 Å². The third-order valence-electron chi connectivity index (χ3n) is 12.0. The lowest BCUT2D eigenvalue weighted by Gasteiger charge is -2.66. The summed E-state index contributed by atoms with van der Waals surface area (Å²) >= 11 is 0. The molecule has 1 aliphatic heterocycles. The van der Waals surface area contributed by atoms with E-state index in [1.807, 2.05) is 6.08 Å². The Morgan fingerprint density at radius 3 is 2.47 bits per heavy atom. The molecule has 0 aromatic heterocycles. The fourth-order valence-corrected chi connectivity index (χ4v) is 10.0. The second kappa shape index (κ2) is 8.75. The first-order valence-corrected chi connectivity index (χ1v) is 14.6. The van der Waals surface area contributed by atoms with Gasteiger partial charge in [-0.2, -0.15) is 0 Å². The van der Waals surface area contributed by atoms with Crippen molar-refractivity contribution in [3.8, 4) is 0 Å². The zero-order valence-electron chi connectivity index (χ0n) is 24.5. The highest BCUT2D eigenvalue weighted by Crippen LogP contribution is 2.72. The van der Waals surface area contributed by atoms with Crippen LogP contribution < -0.4 is 0 Å². The van der Waals surface area contributed by atoms with E-state index in [-0.39, 0.29) is 52.0 Å². The van der Waals surface area contributed by atoms with Crippen molar-refractivity contribution in [1.82, 2.24) is 0 Å². The lowest BCUT2D eigenvalue weighted by molar-refractivity contribution is -0.188. The fourth-order valence-electron chi connectivity index (χ4n) is 10.0. The molecule has 2 saturated carbocycles. The summed E-state index contributed by atoms with van der Waals surface area (Å²) in [5, 5.41) is 21.1. The smallest absolute Gasteiger partial charge is 0.302 e. The van der Waals surface area contributed by atoms with Gasteiger partial charge >= 0.3 is 5.97 Å². The van der Waals surface area contributed by atoms with Gasteiger partial charge in [0, 0.05) is 17.8 Å². The van der Waals surface area contributed by atoms with Crippen molar-refractivity contribution in [2.24, 2.45) is 45.3 Å². The van der Waals surface area contributed by atoms with Crippen molar-refractivity contribution >= 4 is 11.8 Å². The van der Waals surface area contributed by atoms with Gasteiger partial charge in [0.2, 0.25) is 0 Å². The van der Waals surface area contributed by atoms with Crippen molar-refractivity contribution in [1.29, 1.82) is 0 Å². The van der Waals surface area contributed by atoms with Crippen LogP contribution in [0, 0.1) is 45.3 Å². The van der Waals surface area contributed by atoms with Crippen LogP contribution in [0.1, 0.15) is 87.5 Å². The molecule has 0 bridgehead atoms. The first-order chi connectivity index (χ1) is 17.5. The van der Waals surface area contributed by atoms with E-state index in [9.17, 15) is 19.8 Å². The Balaban J connectivity index is 1.50. The Kier molecular flexibility index (Phi) is 6.46. The number of fused-ring (bicyclic) bond motifs is 5. The fraction of sp³-hybridized carbons (Fsp3) is 0.812. The number of hydrogen-bond acceptors (Lipinski definition) is 6. The first-order valence-electron chi connectivity index (χ1n) is 14.6. The van der Waals surface area contributed by atoms with E-state index in [0.29, 0.717) is 24.9 Å². The van der Waals surface area contributed by atoms with Gasteiger partial charge in [-0.15, -0.1) is 0 Å². The number of rotatable bonds is 4. The van der Waals surface area contributed by atoms with E-state index in [1.54, 1.807) is 13.8 Å². The summed E-state index contributed by atoms with van der Waals surface area (Å²) in [4.78, 5) is 25.4. The van der Waals surface area contributed by atoms with Crippen molar-refractivity contribution in [2.75, 3.05) is 6.61 Å². The molecule has 0 spiro atoms. The third-order valence-corrected chi connectivity index (χ3v) is 12.0. The topological polar surface area (TPSA) is 93.1 Å². The zero-order chi connectivity index (χ0) is 28.1. The molecule has 5 aliphatic rings. The third kappa shape index (κ3) is 3.83. The predicted octanol–water partition coefficient (Wildman–Crippen LogP) is 5.02. The second-order valence-electron chi connectivity index (χ2n) is 14.9. The van der Waals surface area contributed by atoms with Gasteiger partial charge in [0.05, 0.1) is 18.3 Å². The van der Waals surface area contributed by atoms with Gasteiger partial charge in [0.25, 0.3) is 0 Å². The van der Waals surface area contributed by atoms with Crippen molar-refractivity contribution < 1.29 is 29.3 Å². The highest BCUT2D eigenvalue weighted by Gasteiger charge is 2.69. The van der Waals surface area contributed by atoms with Gasteiger partial charge in [-0.05, 0) is 86.5 Å². The van der Waals surface area contributed by atoms with Crippen LogP contribution in [0.3, 0.4) is 0 Å². The van der Waals surface area contributed by atoms with Crippen LogP contribution in [0.25, 0.3) is 0 Å². The normalized spacial score (nSPS) is 46.6. The molecule has 6 nitrogen and oxygen atoms in total. The molecule has 2 N–H and O–H groups in total. The minimum Gasteiger partial charge on any atom is -0.462 e. The molecule has 212 valence electrons. The van der Waals surface area contributed by atoms with E-state index in [4.69, 9.17) is 9.47 Å². The number of carbonyl (C=O) groups excluding carboxylic acids is 2. The molecular weight excluding hydrogens is 480 g/mol. The lowest BCUT2D eigenvalue weighted by Crippen LogP contribution is -2.64. The molecule has 0 aromatic carbocycles. The Morgan fingerprint density at radius 1 is 1.16 bits per heavy atom. The molecule has 3 fully saturated rings. The summed E-state index contributed by atoms with van der Waals surface area (Å²) in [5.74, 6) is 0.923. The van der Waals surface area contributed by atoms with Crippen LogP contribution >= 0.6 is 0 Å². The molecule has 38 heavy (non-hydrogen) atoms. The Hall–Kier alpha value is -1.50. The average molecular weight is 529 g/mol. The monoisotopic (exact) mass is 528 g/mol. The van der Waals surface area contributed by atoms with Crippen molar-refractivity contribution in [3.05, 3.63) is 23.8 Å². The van der Waals surface area contributed by atoms with E-state index in [2.05, 4.69) is 46.8 Å². The molecule has 1 heterocycles. The molecule has 0 amide bonds. The van der Waals surface area contributed by atoms with E-state index >= 15 is 0 Å². The molecule has 4 aliphatic carbocycles. The number of esters is 1. The van der Waals surface area contributed by atoms with Crippen LogP contribution in [-0.2, 0) is 19.1 Å². The maximum atomic E-state index is 13.0. The molecule has 1 saturated heterocycles. The minimum absolute atomic E-state index is 0.0564. The Labute approximate surface area is 228 Å². The van der Waals surface area contributed by atoms with Crippen LogP contribution in [0.15, 0.2) is 23.8 Å². The highest BCUT2D eigenvalue weighted by molar-refractivity contribution is 5.95. The van der Waals surface area contributed by atoms with Gasteiger partial charge in [-0.3, -0.25) is 9.59 Å². The number of aliphatic hydroxyl groups excluding tert-OH is 1. The highest BCUT2D eigenvalue weighted by atomic mass is 16.5. The van der Waals surface area contributed by atoms with Gasteiger partial charge in [-0.1, -0.05) is 52.3 Å². The molecule has 0 unspecified atom stereocenters. The minimum atomic E-state index is -1.21.